The Morgan fingerprint density at radius 1 is 1.00 bits per heavy atom. The number of halogens is 1. The summed E-state index contributed by atoms with van der Waals surface area (Å²) in [6.07, 6.45) is 1.31. The molecule has 0 aliphatic carbocycles. The normalized spacial score (nSPS) is 13.6. The van der Waals surface area contributed by atoms with Gasteiger partial charge < -0.3 is 30.9 Å². The zero-order valence-electron chi connectivity index (χ0n) is 25.4. The number of unbranched alkanes of at least 4 members (excludes halogenated alkanes) is 1. The van der Waals surface area contributed by atoms with Crippen LogP contribution in [0.5, 0.6) is 5.75 Å². The first-order chi connectivity index (χ1) is 19.0. The van der Waals surface area contributed by atoms with Crippen molar-refractivity contribution in [1.82, 2.24) is 10.6 Å². The number of carbonyl (C=O) groups excluding carboxylic acids is 2. The number of methoxy groups -OCH3 is 1. The summed E-state index contributed by atoms with van der Waals surface area (Å²) in [4.78, 5) is 26.0. The molecule has 2 amide bonds. The molecule has 3 atom stereocenters. The Labute approximate surface area is 252 Å². The van der Waals surface area contributed by atoms with Crippen molar-refractivity contribution in [3.05, 3.63) is 65.2 Å². The number of nitrogens with two attached hydrogens (primary N) is 1. The first-order valence-electron chi connectivity index (χ1n) is 14.2. The molecule has 0 aromatic heterocycles. The van der Waals surface area contributed by atoms with Crippen molar-refractivity contribution in [1.29, 1.82) is 0 Å². The number of amides is 2. The van der Waals surface area contributed by atoms with E-state index in [0.29, 0.717) is 37.5 Å². The number of hydrogen-bond acceptors (Lipinski definition) is 6. The molecule has 5 N–H and O–H groups in total. The maximum absolute atomic E-state index is 13.0. The van der Waals surface area contributed by atoms with E-state index in [4.69, 9.17) is 15.2 Å². The van der Waals surface area contributed by atoms with Crippen LogP contribution in [0, 0.1) is 18.8 Å². The fourth-order valence-electron chi connectivity index (χ4n) is 4.46. The number of para-hydroxylation sites is 1. The highest BCUT2D eigenvalue weighted by Crippen LogP contribution is 2.25. The van der Waals surface area contributed by atoms with Crippen LogP contribution in [-0.4, -0.2) is 62.5 Å². The quantitative estimate of drug-likeness (QED) is 0.202. The van der Waals surface area contributed by atoms with Gasteiger partial charge in [-0.25, -0.2) is 0 Å². The van der Waals surface area contributed by atoms with E-state index in [-0.39, 0.29) is 42.6 Å². The molecule has 0 radical (unpaired) electrons. The van der Waals surface area contributed by atoms with Gasteiger partial charge in [-0.2, -0.15) is 0 Å². The Morgan fingerprint density at radius 3 is 2.34 bits per heavy atom. The van der Waals surface area contributed by atoms with Crippen molar-refractivity contribution in [3.63, 3.8) is 0 Å². The van der Waals surface area contributed by atoms with E-state index in [1.54, 1.807) is 19.2 Å². The van der Waals surface area contributed by atoms with Gasteiger partial charge in [0.1, 0.15) is 5.75 Å². The van der Waals surface area contributed by atoms with Crippen molar-refractivity contribution in [2.24, 2.45) is 17.6 Å². The predicted molar refractivity (Wildman–Crippen MR) is 167 cm³/mol. The van der Waals surface area contributed by atoms with Crippen LogP contribution in [0.15, 0.2) is 48.5 Å². The van der Waals surface area contributed by atoms with E-state index in [1.807, 2.05) is 57.2 Å². The van der Waals surface area contributed by atoms with Gasteiger partial charge in [0.2, 0.25) is 5.91 Å². The lowest BCUT2D eigenvalue weighted by Crippen LogP contribution is -2.49. The number of aliphatic hydroxyl groups is 1. The fraction of sp³-hybridized carbons (Fsp3) is 0.562. The molecule has 3 unspecified atom stereocenters. The molecular weight excluding hydrogens is 542 g/mol. The van der Waals surface area contributed by atoms with Gasteiger partial charge >= 0.3 is 0 Å². The molecule has 230 valence electrons. The third-order valence-corrected chi connectivity index (χ3v) is 7.45. The van der Waals surface area contributed by atoms with Crippen LogP contribution in [0.2, 0.25) is 0 Å². The van der Waals surface area contributed by atoms with Crippen molar-refractivity contribution in [2.75, 3.05) is 33.4 Å². The molecule has 0 aliphatic heterocycles. The summed E-state index contributed by atoms with van der Waals surface area (Å²) >= 11 is 0. The van der Waals surface area contributed by atoms with Crippen molar-refractivity contribution < 1.29 is 24.2 Å². The number of benzene rings is 2. The van der Waals surface area contributed by atoms with E-state index in [1.165, 1.54) is 0 Å². The van der Waals surface area contributed by atoms with Crippen molar-refractivity contribution in [3.8, 4) is 5.75 Å². The summed E-state index contributed by atoms with van der Waals surface area (Å²) in [5, 5.41) is 16.6. The summed E-state index contributed by atoms with van der Waals surface area (Å²) in [6.45, 7) is 11.5. The minimum absolute atomic E-state index is 0. The lowest BCUT2D eigenvalue weighted by molar-refractivity contribution is -0.126. The number of aliphatic hydroxyl groups excluding tert-OH is 1. The Bertz CT molecular complexity index is 1080. The van der Waals surface area contributed by atoms with Crippen LogP contribution < -0.4 is 21.1 Å². The summed E-state index contributed by atoms with van der Waals surface area (Å²) in [6, 6.07) is 14.5. The largest absolute Gasteiger partial charge is 0.493 e. The molecule has 0 bridgehead atoms. The average Bonchev–Trinajstić information content (AvgIpc) is 2.93. The second-order valence-electron chi connectivity index (χ2n) is 11.4. The Balaban J connectivity index is 0.00000840. The first kappa shape index (κ1) is 36.4. The Morgan fingerprint density at radius 2 is 1.68 bits per heavy atom. The topological polar surface area (TPSA) is 123 Å². The Kier molecular flexibility index (Phi) is 16.0. The van der Waals surface area contributed by atoms with Crippen molar-refractivity contribution >= 4 is 24.2 Å². The third kappa shape index (κ3) is 11.6. The molecule has 0 aliphatic rings. The maximum atomic E-state index is 13.0. The Hall–Kier alpha value is -2.65. The van der Waals surface area contributed by atoms with Crippen LogP contribution in [0.25, 0.3) is 0 Å². The second-order valence-corrected chi connectivity index (χ2v) is 11.4. The molecule has 0 fully saturated rings. The zero-order valence-corrected chi connectivity index (χ0v) is 26.3. The van der Waals surface area contributed by atoms with Gasteiger partial charge in [0, 0.05) is 32.8 Å². The van der Waals surface area contributed by atoms with Gasteiger partial charge in [-0.05, 0) is 69.6 Å². The molecule has 0 spiro atoms. The van der Waals surface area contributed by atoms with E-state index in [9.17, 15) is 14.7 Å². The SMILES string of the molecule is COCCCCOc1ccccc1C(=O)NCC(CC(N)C(O)CNC(=O)C(C)(C)c1cccc(C)c1)C(C)C.Cl. The molecule has 8 nitrogen and oxygen atoms in total. The highest BCUT2D eigenvalue weighted by Gasteiger charge is 2.31. The summed E-state index contributed by atoms with van der Waals surface area (Å²) < 4.78 is 10.9. The van der Waals surface area contributed by atoms with Gasteiger partial charge in [-0.3, -0.25) is 9.59 Å². The molecule has 9 heteroatoms. The number of rotatable bonds is 17. The molecule has 0 saturated heterocycles. The third-order valence-electron chi connectivity index (χ3n) is 7.45. The predicted octanol–water partition coefficient (Wildman–Crippen LogP) is 4.40. The van der Waals surface area contributed by atoms with Crippen LogP contribution in [-0.2, 0) is 14.9 Å². The van der Waals surface area contributed by atoms with Crippen LogP contribution >= 0.6 is 12.4 Å². The van der Waals surface area contributed by atoms with E-state index in [0.717, 1.165) is 24.0 Å². The summed E-state index contributed by atoms with van der Waals surface area (Å²) in [5.41, 5.74) is 8.11. The van der Waals surface area contributed by atoms with Gasteiger partial charge in [-0.15, -0.1) is 12.4 Å². The van der Waals surface area contributed by atoms with E-state index < -0.39 is 17.6 Å². The summed E-state index contributed by atoms with van der Waals surface area (Å²) in [5.74, 6) is 0.431. The highest BCUT2D eigenvalue weighted by molar-refractivity contribution is 5.96. The van der Waals surface area contributed by atoms with Gasteiger partial charge in [-0.1, -0.05) is 55.8 Å². The summed E-state index contributed by atoms with van der Waals surface area (Å²) in [7, 11) is 1.67. The zero-order chi connectivity index (χ0) is 29.7. The highest BCUT2D eigenvalue weighted by atomic mass is 35.5. The van der Waals surface area contributed by atoms with Crippen LogP contribution in [0.4, 0.5) is 0 Å². The molecule has 0 heterocycles. The maximum Gasteiger partial charge on any atom is 0.255 e. The van der Waals surface area contributed by atoms with Gasteiger partial charge in [0.15, 0.2) is 0 Å². The molecule has 41 heavy (non-hydrogen) atoms. The standard InChI is InChI=1S/C32H49N3O5.ClH/c1-22(2)24(20-34-30(37)26-14-7-8-15-29(26)40-17-10-9-16-39-6)19-27(33)28(36)21-35-31(38)32(4,5)25-13-11-12-23(3)18-25;/h7-8,11-15,18,22,24,27-28,36H,9-10,16-17,19-21,33H2,1-6H3,(H,34,37)(H,35,38);1H. The molecule has 0 saturated carbocycles. The molecular formula is C32H50ClN3O5. The molecule has 2 aromatic carbocycles. The lowest BCUT2D eigenvalue weighted by Gasteiger charge is -2.29. The first-order valence-corrected chi connectivity index (χ1v) is 14.2. The minimum Gasteiger partial charge on any atom is -0.493 e. The number of aryl methyl sites for hydroxylation is 1. The van der Waals surface area contributed by atoms with E-state index in [2.05, 4.69) is 24.5 Å². The molecule has 2 aromatic rings. The monoisotopic (exact) mass is 591 g/mol. The van der Waals surface area contributed by atoms with Gasteiger partial charge in [0.05, 0.1) is 23.7 Å². The molecule has 2 rings (SSSR count). The number of ether oxygens (including phenoxy) is 2. The van der Waals surface area contributed by atoms with Crippen LogP contribution in [0.3, 0.4) is 0 Å². The van der Waals surface area contributed by atoms with Crippen LogP contribution in [0.1, 0.15) is 68.4 Å². The minimum atomic E-state index is -0.915. The van der Waals surface area contributed by atoms with Gasteiger partial charge in [0.25, 0.3) is 5.91 Å². The number of nitrogens with one attached hydrogen (secondary N) is 2. The smallest absolute Gasteiger partial charge is 0.255 e. The number of carbonyl (C=O) groups is 2. The lowest BCUT2D eigenvalue weighted by atomic mass is 9.83. The van der Waals surface area contributed by atoms with E-state index >= 15 is 0 Å². The number of hydrogen-bond donors (Lipinski definition) is 4. The second kappa shape index (κ2) is 18.0. The van der Waals surface area contributed by atoms with Crippen molar-refractivity contribution in [2.45, 2.75) is 71.4 Å². The fourth-order valence-corrected chi connectivity index (χ4v) is 4.46. The average molecular weight is 592 g/mol.